The molecule has 1 aromatic carbocycles. The van der Waals surface area contributed by atoms with Crippen LogP contribution in [0.2, 0.25) is 0 Å². The van der Waals surface area contributed by atoms with E-state index in [1.165, 1.54) is 24.0 Å². The summed E-state index contributed by atoms with van der Waals surface area (Å²) < 4.78 is 1.85. The second-order valence-electron chi connectivity index (χ2n) is 7.17. The maximum Gasteiger partial charge on any atom is 0.193 e. The second kappa shape index (κ2) is 8.88. The molecule has 0 bridgehead atoms. The predicted molar refractivity (Wildman–Crippen MR) is 107 cm³/mol. The third-order valence-electron chi connectivity index (χ3n) is 5.45. The third kappa shape index (κ3) is 4.45. The summed E-state index contributed by atoms with van der Waals surface area (Å²) in [6, 6.07) is 11.0. The summed E-state index contributed by atoms with van der Waals surface area (Å²) in [6.45, 7) is 5.32. The average molecular weight is 354 g/mol. The summed E-state index contributed by atoms with van der Waals surface area (Å²) in [5, 5.41) is 7.77. The molecule has 0 saturated carbocycles. The number of nitrogens with zero attached hydrogens (tertiary/aromatic N) is 4. The molecular weight excluding hydrogens is 322 g/mol. The smallest absolute Gasteiger partial charge is 0.193 e. The number of aliphatic imine (C=N–C) groups is 1. The van der Waals surface area contributed by atoms with Gasteiger partial charge in [-0.1, -0.05) is 43.7 Å². The fraction of sp³-hybridized carbons (Fsp3) is 0.524. The van der Waals surface area contributed by atoms with Gasteiger partial charge in [0.25, 0.3) is 0 Å². The molecule has 1 aliphatic rings. The van der Waals surface area contributed by atoms with Crippen molar-refractivity contribution in [2.75, 3.05) is 26.7 Å². The SMILES string of the molecule is CCC1CN(C(=NC)NCCc2cnn(C)c2)CCC1c1ccccc1. The van der Waals surface area contributed by atoms with Gasteiger partial charge in [0.05, 0.1) is 6.20 Å². The van der Waals surface area contributed by atoms with Crippen LogP contribution in [0.5, 0.6) is 0 Å². The number of hydrogen-bond donors (Lipinski definition) is 1. The Labute approximate surface area is 157 Å². The van der Waals surface area contributed by atoms with E-state index in [1.807, 2.05) is 25.0 Å². The van der Waals surface area contributed by atoms with E-state index < -0.39 is 0 Å². The molecule has 140 valence electrons. The molecule has 2 atom stereocenters. The fourth-order valence-electron chi connectivity index (χ4n) is 4.03. The topological polar surface area (TPSA) is 45.4 Å². The first-order valence-electron chi connectivity index (χ1n) is 9.69. The van der Waals surface area contributed by atoms with Crippen molar-refractivity contribution in [3.63, 3.8) is 0 Å². The van der Waals surface area contributed by atoms with Gasteiger partial charge in [-0.05, 0) is 35.8 Å². The Morgan fingerprint density at radius 1 is 1.31 bits per heavy atom. The summed E-state index contributed by atoms with van der Waals surface area (Å²) in [5.41, 5.74) is 2.74. The molecule has 5 nitrogen and oxygen atoms in total. The molecule has 5 heteroatoms. The van der Waals surface area contributed by atoms with Gasteiger partial charge in [0.15, 0.2) is 5.96 Å². The lowest BCUT2D eigenvalue weighted by atomic mass is 9.79. The molecule has 1 N–H and O–H groups in total. The van der Waals surface area contributed by atoms with Crippen LogP contribution in [0, 0.1) is 5.92 Å². The van der Waals surface area contributed by atoms with E-state index in [0.717, 1.165) is 32.0 Å². The highest BCUT2D eigenvalue weighted by atomic mass is 15.3. The zero-order chi connectivity index (χ0) is 18.4. The molecule has 1 aromatic heterocycles. The van der Waals surface area contributed by atoms with Crippen molar-refractivity contribution < 1.29 is 0 Å². The molecule has 2 aromatic rings. The van der Waals surface area contributed by atoms with E-state index in [1.54, 1.807) is 0 Å². The zero-order valence-electron chi connectivity index (χ0n) is 16.2. The van der Waals surface area contributed by atoms with Gasteiger partial charge < -0.3 is 10.2 Å². The molecule has 1 fully saturated rings. The predicted octanol–water partition coefficient (Wildman–Crippen LogP) is 3.05. The summed E-state index contributed by atoms with van der Waals surface area (Å²) in [4.78, 5) is 6.95. The highest BCUT2D eigenvalue weighted by Gasteiger charge is 2.30. The third-order valence-corrected chi connectivity index (χ3v) is 5.45. The van der Waals surface area contributed by atoms with Crippen LogP contribution < -0.4 is 5.32 Å². The minimum Gasteiger partial charge on any atom is -0.356 e. The number of rotatable bonds is 5. The first-order valence-corrected chi connectivity index (χ1v) is 9.69. The van der Waals surface area contributed by atoms with Gasteiger partial charge in [-0.3, -0.25) is 9.67 Å². The van der Waals surface area contributed by atoms with Crippen molar-refractivity contribution in [1.82, 2.24) is 20.0 Å². The number of benzene rings is 1. The van der Waals surface area contributed by atoms with Crippen LogP contribution in [0.3, 0.4) is 0 Å². The number of aryl methyl sites for hydroxylation is 1. The van der Waals surface area contributed by atoms with Crippen LogP contribution in [0.1, 0.15) is 36.8 Å². The maximum absolute atomic E-state index is 4.53. The lowest BCUT2D eigenvalue weighted by Gasteiger charge is -2.40. The highest BCUT2D eigenvalue weighted by Crippen LogP contribution is 2.34. The first-order chi connectivity index (χ1) is 12.7. The van der Waals surface area contributed by atoms with Crippen molar-refractivity contribution in [2.24, 2.45) is 18.0 Å². The van der Waals surface area contributed by atoms with Crippen LogP contribution >= 0.6 is 0 Å². The number of aromatic nitrogens is 2. The van der Waals surface area contributed by atoms with Crippen LogP contribution in [0.15, 0.2) is 47.7 Å². The molecular formula is C21H31N5. The molecule has 2 heterocycles. The Morgan fingerprint density at radius 3 is 2.77 bits per heavy atom. The van der Waals surface area contributed by atoms with E-state index in [-0.39, 0.29) is 0 Å². The minimum absolute atomic E-state index is 0.658. The van der Waals surface area contributed by atoms with Crippen molar-refractivity contribution in [2.45, 2.75) is 32.1 Å². The van der Waals surface area contributed by atoms with Crippen LogP contribution in [-0.4, -0.2) is 47.3 Å². The van der Waals surface area contributed by atoms with Crippen molar-refractivity contribution in [1.29, 1.82) is 0 Å². The number of hydrogen-bond acceptors (Lipinski definition) is 2. The van der Waals surface area contributed by atoms with Gasteiger partial charge >= 0.3 is 0 Å². The van der Waals surface area contributed by atoms with Crippen molar-refractivity contribution in [3.8, 4) is 0 Å². The first kappa shape index (κ1) is 18.5. The maximum atomic E-state index is 4.53. The normalized spacial score (nSPS) is 21.0. The van der Waals surface area contributed by atoms with Gasteiger partial charge in [0, 0.05) is 39.9 Å². The molecule has 1 aliphatic heterocycles. The summed E-state index contributed by atoms with van der Waals surface area (Å²) in [6.07, 6.45) is 7.35. The molecule has 2 unspecified atom stereocenters. The van der Waals surface area contributed by atoms with Crippen molar-refractivity contribution >= 4 is 5.96 Å². The Kier molecular flexibility index (Phi) is 6.31. The minimum atomic E-state index is 0.658. The van der Waals surface area contributed by atoms with E-state index in [9.17, 15) is 0 Å². The number of guanidine groups is 1. The standard InChI is InChI=1S/C21H31N5/c1-4-18-16-26(13-11-20(18)19-8-6-5-7-9-19)21(22-2)23-12-10-17-14-24-25(3)15-17/h5-9,14-15,18,20H,4,10-13,16H2,1-3H3,(H,22,23). The van der Waals surface area contributed by atoms with Gasteiger partial charge in [-0.2, -0.15) is 5.10 Å². The van der Waals surface area contributed by atoms with E-state index in [4.69, 9.17) is 0 Å². The Morgan fingerprint density at radius 2 is 2.12 bits per heavy atom. The Balaban J connectivity index is 1.56. The van der Waals surface area contributed by atoms with Gasteiger partial charge in [-0.15, -0.1) is 0 Å². The Bertz CT molecular complexity index is 706. The second-order valence-corrected chi connectivity index (χ2v) is 7.17. The lowest BCUT2D eigenvalue weighted by Crippen LogP contribution is -2.48. The molecule has 3 rings (SSSR count). The summed E-state index contributed by atoms with van der Waals surface area (Å²) >= 11 is 0. The monoisotopic (exact) mass is 353 g/mol. The molecule has 0 spiro atoms. The summed E-state index contributed by atoms with van der Waals surface area (Å²) in [7, 11) is 3.84. The summed E-state index contributed by atoms with van der Waals surface area (Å²) in [5.74, 6) is 2.35. The van der Waals surface area contributed by atoms with Crippen LogP contribution in [0.4, 0.5) is 0 Å². The average Bonchev–Trinajstić information content (AvgIpc) is 3.10. The largest absolute Gasteiger partial charge is 0.356 e. The molecule has 0 radical (unpaired) electrons. The number of piperidine rings is 1. The van der Waals surface area contributed by atoms with Gasteiger partial charge in [0.2, 0.25) is 0 Å². The van der Waals surface area contributed by atoms with E-state index in [0.29, 0.717) is 11.8 Å². The van der Waals surface area contributed by atoms with Gasteiger partial charge in [0.1, 0.15) is 0 Å². The molecule has 1 saturated heterocycles. The quantitative estimate of drug-likeness (QED) is 0.664. The van der Waals surface area contributed by atoms with Crippen molar-refractivity contribution in [3.05, 3.63) is 53.9 Å². The molecule has 0 aliphatic carbocycles. The Hall–Kier alpha value is -2.30. The highest BCUT2D eigenvalue weighted by molar-refractivity contribution is 5.80. The number of nitrogens with one attached hydrogen (secondary N) is 1. The molecule has 26 heavy (non-hydrogen) atoms. The van der Waals surface area contributed by atoms with Gasteiger partial charge in [-0.25, -0.2) is 0 Å². The van der Waals surface area contributed by atoms with Crippen LogP contribution in [0.25, 0.3) is 0 Å². The fourth-order valence-corrected chi connectivity index (χ4v) is 4.03. The van der Waals surface area contributed by atoms with E-state index >= 15 is 0 Å². The lowest BCUT2D eigenvalue weighted by molar-refractivity contribution is 0.216. The number of likely N-dealkylation sites (tertiary alicyclic amines) is 1. The molecule has 0 amide bonds. The van der Waals surface area contributed by atoms with E-state index in [2.05, 4.69) is 63.8 Å². The van der Waals surface area contributed by atoms with Crippen LogP contribution in [-0.2, 0) is 13.5 Å². The zero-order valence-corrected chi connectivity index (χ0v) is 16.2.